The van der Waals surface area contributed by atoms with Crippen molar-refractivity contribution >= 4 is 11.8 Å². The molecule has 3 unspecified atom stereocenters. The van der Waals surface area contributed by atoms with Gasteiger partial charge in [-0.05, 0) is 31.4 Å². The van der Waals surface area contributed by atoms with Gasteiger partial charge in [0.05, 0.1) is 18.8 Å². The molecule has 1 aromatic carbocycles. The monoisotopic (exact) mass is 413 g/mol. The number of methoxy groups -OCH3 is 1. The minimum Gasteiger partial charge on any atom is -0.481 e. The van der Waals surface area contributed by atoms with Crippen LogP contribution in [0.1, 0.15) is 31.4 Å². The highest BCUT2D eigenvalue weighted by Crippen LogP contribution is 2.22. The number of benzene rings is 1. The second-order valence-corrected chi connectivity index (χ2v) is 7.34. The molecule has 1 fully saturated rings. The summed E-state index contributed by atoms with van der Waals surface area (Å²) in [5.41, 5.74) is 2.46. The van der Waals surface area contributed by atoms with Gasteiger partial charge in [-0.3, -0.25) is 9.59 Å². The van der Waals surface area contributed by atoms with Crippen LogP contribution in [0.15, 0.2) is 42.5 Å². The minimum atomic E-state index is -1.82. The first-order valence-electron chi connectivity index (χ1n) is 9.97. The van der Waals surface area contributed by atoms with Crippen LogP contribution in [0.5, 0.6) is 5.88 Å². The first-order valence-corrected chi connectivity index (χ1v) is 9.97. The normalized spacial score (nSPS) is 16.6. The number of likely N-dealkylation sites (tertiary alicyclic amines) is 1. The summed E-state index contributed by atoms with van der Waals surface area (Å²) in [7, 11) is 1.56. The van der Waals surface area contributed by atoms with Gasteiger partial charge >= 0.3 is 0 Å². The molecule has 0 spiro atoms. The van der Waals surface area contributed by atoms with E-state index in [1.54, 1.807) is 20.1 Å². The highest BCUT2D eigenvalue weighted by molar-refractivity contribution is 5.91. The zero-order valence-electron chi connectivity index (χ0n) is 17.1. The lowest BCUT2D eigenvalue weighted by molar-refractivity contribution is -0.152. The Hall–Kier alpha value is -2.97. The van der Waals surface area contributed by atoms with Crippen LogP contribution in [0.3, 0.4) is 0 Å². The Morgan fingerprint density at radius 3 is 2.37 bits per heavy atom. The Morgan fingerprint density at radius 1 is 1.07 bits per heavy atom. The molecule has 8 heteroatoms. The number of amides is 2. The number of aliphatic hydroxyl groups is 2. The molecule has 2 amide bonds. The number of hydrogen-bond donors (Lipinski definition) is 3. The largest absolute Gasteiger partial charge is 0.481 e. The molecule has 160 valence electrons. The molecule has 1 aromatic heterocycles. The van der Waals surface area contributed by atoms with Crippen LogP contribution < -0.4 is 10.1 Å². The number of carbonyl (C=O) groups is 2. The number of nitrogens with zero attached hydrogens (tertiary/aromatic N) is 2. The molecular formula is C22H27N3O5. The van der Waals surface area contributed by atoms with E-state index in [-0.39, 0.29) is 0 Å². The topological polar surface area (TPSA) is 112 Å². The van der Waals surface area contributed by atoms with Gasteiger partial charge in [0.1, 0.15) is 0 Å². The quantitative estimate of drug-likeness (QED) is 0.630. The lowest BCUT2D eigenvalue weighted by Gasteiger charge is -2.24. The van der Waals surface area contributed by atoms with Crippen molar-refractivity contribution in [2.45, 2.75) is 38.0 Å². The maximum absolute atomic E-state index is 12.3. The fourth-order valence-electron chi connectivity index (χ4n) is 3.42. The number of aliphatic hydroxyl groups excluding tert-OH is 2. The third kappa shape index (κ3) is 4.95. The molecule has 30 heavy (non-hydrogen) atoms. The molecule has 0 bridgehead atoms. The maximum Gasteiger partial charge on any atom is 0.254 e. The smallest absolute Gasteiger partial charge is 0.254 e. The molecule has 1 saturated heterocycles. The van der Waals surface area contributed by atoms with Gasteiger partial charge in [-0.2, -0.15) is 0 Å². The summed E-state index contributed by atoms with van der Waals surface area (Å²) in [6.07, 6.45) is -1.87. The van der Waals surface area contributed by atoms with Crippen LogP contribution in [0, 0.1) is 0 Å². The van der Waals surface area contributed by atoms with Crippen LogP contribution >= 0.6 is 0 Å². The van der Waals surface area contributed by atoms with Crippen molar-refractivity contribution in [1.82, 2.24) is 15.2 Å². The summed E-state index contributed by atoms with van der Waals surface area (Å²) in [4.78, 5) is 30.4. The van der Waals surface area contributed by atoms with Gasteiger partial charge in [0.25, 0.3) is 11.8 Å². The van der Waals surface area contributed by atoms with Gasteiger partial charge in [-0.1, -0.05) is 30.3 Å². The van der Waals surface area contributed by atoms with Crippen molar-refractivity contribution in [2.24, 2.45) is 0 Å². The van der Waals surface area contributed by atoms with E-state index in [0.29, 0.717) is 19.0 Å². The molecule has 1 aliphatic heterocycles. The molecule has 0 aliphatic carbocycles. The predicted molar refractivity (Wildman–Crippen MR) is 111 cm³/mol. The van der Waals surface area contributed by atoms with Crippen molar-refractivity contribution in [3.8, 4) is 17.1 Å². The first kappa shape index (κ1) is 21.7. The van der Waals surface area contributed by atoms with Gasteiger partial charge < -0.3 is 25.2 Å². The Bertz CT molecular complexity index is 881. The number of ether oxygens (including phenoxy) is 1. The minimum absolute atomic E-state index is 0.423. The molecule has 3 N–H and O–H groups in total. The average molecular weight is 413 g/mol. The highest BCUT2D eigenvalue weighted by Gasteiger charge is 2.34. The fraction of sp³-hybridized carbons (Fsp3) is 0.409. The summed E-state index contributed by atoms with van der Waals surface area (Å²) in [6.45, 7) is 2.84. The number of pyridine rings is 1. The van der Waals surface area contributed by atoms with Gasteiger partial charge in [-0.25, -0.2) is 4.98 Å². The van der Waals surface area contributed by atoms with E-state index in [1.807, 2.05) is 36.4 Å². The average Bonchev–Trinajstić information content (AvgIpc) is 3.32. The van der Waals surface area contributed by atoms with E-state index in [1.165, 1.54) is 4.90 Å². The second-order valence-electron chi connectivity index (χ2n) is 7.34. The van der Waals surface area contributed by atoms with E-state index in [9.17, 15) is 19.8 Å². The number of aromatic nitrogens is 1. The Labute approximate surface area is 175 Å². The third-order valence-electron chi connectivity index (χ3n) is 5.24. The third-order valence-corrected chi connectivity index (χ3v) is 5.24. The highest BCUT2D eigenvalue weighted by atomic mass is 16.5. The van der Waals surface area contributed by atoms with Crippen molar-refractivity contribution in [3.05, 3.63) is 48.0 Å². The van der Waals surface area contributed by atoms with Crippen molar-refractivity contribution < 1.29 is 24.5 Å². The van der Waals surface area contributed by atoms with Crippen molar-refractivity contribution in [2.75, 3.05) is 20.2 Å². The Morgan fingerprint density at radius 2 is 1.73 bits per heavy atom. The van der Waals surface area contributed by atoms with Crippen LogP contribution in [-0.2, 0) is 9.59 Å². The van der Waals surface area contributed by atoms with Crippen molar-refractivity contribution in [3.63, 3.8) is 0 Å². The molecular weight excluding hydrogens is 386 g/mol. The fourth-order valence-corrected chi connectivity index (χ4v) is 3.42. The summed E-state index contributed by atoms with van der Waals surface area (Å²) in [5.74, 6) is -0.882. The van der Waals surface area contributed by atoms with Crippen LogP contribution in [0.25, 0.3) is 11.3 Å². The molecule has 0 radical (unpaired) electrons. The van der Waals surface area contributed by atoms with E-state index >= 15 is 0 Å². The lowest BCUT2D eigenvalue weighted by Crippen LogP contribution is -2.50. The molecule has 0 saturated carbocycles. The summed E-state index contributed by atoms with van der Waals surface area (Å²) >= 11 is 0. The summed E-state index contributed by atoms with van der Waals surface area (Å²) < 4.78 is 5.14. The Balaban J connectivity index is 1.61. The van der Waals surface area contributed by atoms with E-state index in [2.05, 4.69) is 10.3 Å². The van der Waals surface area contributed by atoms with Gasteiger partial charge in [0.2, 0.25) is 5.88 Å². The number of rotatable bonds is 7. The zero-order chi connectivity index (χ0) is 21.7. The van der Waals surface area contributed by atoms with Gasteiger partial charge in [0, 0.05) is 24.7 Å². The number of hydrogen-bond acceptors (Lipinski definition) is 6. The first-order chi connectivity index (χ1) is 14.4. The van der Waals surface area contributed by atoms with E-state index < -0.39 is 30.1 Å². The van der Waals surface area contributed by atoms with Gasteiger partial charge in [0.15, 0.2) is 12.2 Å². The SMILES string of the molecule is COc1cccc(-c2ccc(C(C)NC(=O)C(O)C(O)C(=O)N3CCCC3)cc2)n1. The molecule has 2 aromatic rings. The van der Waals surface area contributed by atoms with E-state index in [0.717, 1.165) is 29.7 Å². The Kier molecular flexibility index (Phi) is 7.02. The number of carbonyl (C=O) groups excluding carboxylic acids is 2. The molecule has 1 aliphatic rings. The van der Waals surface area contributed by atoms with Gasteiger partial charge in [-0.15, -0.1) is 0 Å². The summed E-state index contributed by atoms with van der Waals surface area (Å²) in [6, 6.07) is 12.5. The standard InChI is InChI=1S/C22H27N3O5/c1-14(23-21(28)19(26)20(27)22(29)25-12-3-4-13-25)15-8-10-16(11-9-15)17-6-5-7-18(24-17)30-2/h5-11,14,19-20,26-27H,3-4,12-13H2,1-2H3,(H,23,28). The van der Waals surface area contributed by atoms with Crippen LogP contribution in [0.2, 0.25) is 0 Å². The summed E-state index contributed by atoms with van der Waals surface area (Å²) in [5, 5.41) is 22.9. The predicted octanol–water partition coefficient (Wildman–Crippen LogP) is 1.28. The zero-order valence-corrected chi connectivity index (χ0v) is 17.1. The second kappa shape index (κ2) is 9.69. The van der Waals surface area contributed by atoms with E-state index in [4.69, 9.17) is 4.74 Å². The lowest BCUT2D eigenvalue weighted by atomic mass is 10.0. The van der Waals surface area contributed by atoms with Crippen LogP contribution in [-0.4, -0.2) is 64.3 Å². The maximum atomic E-state index is 12.3. The van der Waals surface area contributed by atoms with Crippen LogP contribution in [0.4, 0.5) is 0 Å². The molecule has 3 rings (SSSR count). The van der Waals surface area contributed by atoms with Crippen molar-refractivity contribution in [1.29, 1.82) is 0 Å². The molecule has 2 heterocycles. The number of nitrogens with one attached hydrogen (secondary N) is 1. The molecule has 8 nitrogen and oxygen atoms in total. The molecule has 3 atom stereocenters.